The van der Waals surface area contributed by atoms with Crippen LogP contribution in [-0.2, 0) is 19.2 Å². The number of aryl methyl sites for hydroxylation is 2. The quantitative estimate of drug-likeness (QED) is 0.0630. The Balaban J connectivity index is 1.27. The second-order valence-corrected chi connectivity index (χ2v) is 15.7. The minimum Gasteiger partial charge on any atom is -0.324 e. The highest BCUT2D eigenvalue weighted by Gasteiger charge is 2.27. The van der Waals surface area contributed by atoms with Crippen LogP contribution in [0.4, 0.5) is 34.1 Å². The van der Waals surface area contributed by atoms with Gasteiger partial charge in [0.15, 0.2) is 11.6 Å². The van der Waals surface area contributed by atoms with Gasteiger partial charge in [-0.1, -0.05) is 81.7 Å². The summed E-state index contributed by atoms with van der Waals surface area (Å²) in [4.78, 5) is 77.9. The zero-order chi connectivity index (χ0) is 45.4. The number of azo groups is 2. The van der Waals surface area contributed by atoms with Crippen LogP contribution >= 0.6 is 69.6 Å². The normalized spacial score (nSPS) is 12.2. The molecule has 0 aliphatic carbocycles. The van der Waals surface area contributed by atoms with Crippen molar-refractivity contribution in [3.63, 3.8) is 0 Å². The average Bonchev–Trinajstić information content (AvgIpc) is 3.20. The third-order valence-corrected chi connectivity index (χ3v) is 11.0. The van der Waals surface area contributed by atoms with Crippen LogP contribution in [0.3, 0.4) is 0 Å². The SMILES string of the molecule is CC(=O)C(N=Nc1cc(C(=O)Nc2cccc(Cl)c2Cl)ccc1Cl)C(=O)Nc1cc(C)c(NC(=O)C(N=Nc2cc(C(=O)Nc3cccc(Cl)c3Cl)ccc2Cl)C(C)=O)c(C)c1. The van der Waals surface area contributed by atoms with E-state index in [0.29, 0.717) is 16.8 Å². The predicted octanol–water partition coefficient (Wildman–Crippen LogP) is 12.1. The largest absolute Gasteiger partial charge is 0.324 e. The fourth-order valence-electron chi connectivity index (χ4n) is 5.56. The Morgan fingerprint density at radius 1 is 0.500 bits per heavy atom. The summed E-state index contributed by atoms with van der Waals surface area (Å²) in [6.45, 7) is 5.60. The van der Waals surface area contributed by atoms with Crippen LogP contribution in [-0.4, -0.2) is 47.3 Å². The van der Waals surface area contributed by atoms with Crippen molar-refractivity contribution in [2.75, 3.05) is 21.3 Å². The van der Waals surface area contributed by atoms with Crippen molar-refractivity contribution in [2.24, 2.45) is 20.5 Å². The summed E-state index contributed by atoms with van der Waals surface area (Å²) in [5, 5.41) is 27.5. The molecule has 5 rings (SSSR count). The maximum Gasteiger partial charge on any atom is 0.258 e. The summed E-state index contributed by atoms with van der Waals surface area (Å²) in [5.41, 5.74) is 2.30. The van der Waals surface area contributed by atoms with E-state index in [1.165, 1.54) is 48.5 Å². The Morgan fingerprint density at radius 3 is 1.31 bits per heavy atom. The number of amides is 4. The number of carbonyl (C=O) groups is 6. The van der Waals surface area contributed by atoms with Crippen LogP contribution in [0, 0.1) is 13.8 Å². The lowest BCUT2D eigenvalue weighted by molar-refractivity contribution is -0.127. The molecule has 20 heteroatoms. The summed E-state index contributed by atoms with van der Waals surface area (Å²) in [6, 6.07) is 17.6. The van der Waals surface area contributed by atoms with Crippen LogP contribution in [0.25, 0.3) is 0 Å². The maximum atomic E-state index is 13.4. The van der Waals surface area contributed by atoms with Crippen LogP contribution in [0.15, 0.2) is 105 Å². The Hall–Kier alpha value is -5.74. The van der Waals surface area contributed by atoms with E-state index >= 15 is 0 Å². The molecule has 0 radical (unpaired) electrons. The van der Waals surface area contributed by atoms with E-state index in [4.69, 9.17) is 69.6 Å². The molecule has 2 unspecified atom stereocenters. The smallest absolute Gasteiger partial charge is 0.258 e. The van der Waals surface area contributed by atoms with Gasteiger partial charge in [0.1, 0.15) is 11.4 Å². The summed E-state index contributed by atoms with van der Waals surface area (Å²) in [6.07, 6.45) is 0. The van der Waals surface area contributed by atoms with Crippen molar-refractivity contribution in [2.45, 2.75) is 39.8 Å². The van der Waals surface area contributed by atoms with Gasteiger partial charge in [0.25, 0.3) is 23.6 Å². The van der Waals surface area contributed by atoms with E-state index in [-0.39, 0.29) is 69.7 Å². The fraction of sp³-hybridized carbons (Fsp3) is 0.143. The van der Waals surface area contributed by atoms with E-state index < -0.39 is 47.3 Å². The number of halogens is 6. The average molecular weight is 957 g/mol. The molecule has 4 N–H and O–H groups in total. The second-order valence-electron chi connectivity index (χ2n) is 13.4. The molecule has 0 saturated carbocycles. The highest BCUT2D eigenvalue weighted by Crippen LogP contribution is 2.34. The van der Waals surface area contributed by atoms with E-state index in [9.17, 15) is 28.8 Å². The summed E-state index contributed by atoms with van der Waals surface area (Å²) >= 11 is 37.1. The zero-order valence-corrected chi connectivity index (χ0v) is 37.3. The maximum absolute atomic E-state index is 13.4. The number of benzene rings is 5. The Bertz CT molecular complexity index is 2690. The lowest BCUT2D eigenvalue weighted by Crippen LogP contribution is -2.33. The van der Waals surface area contributed by atoms with Crippen molar-refractivity contribution in [1.29, 1.82) is 0 Å². The van der Waals surface area contributed by atoms with Gasteiger partial charge in [0.05, 0.1) is 41.5 Å². The number of hydrogen-bond acceptors (Lipinski definition) is 10. The minimum atomic E-state index is -1.61. The lowest BCUT2D eigenvalue weighted by Gasteiger charge is -2.17. The van der Waals surface area contributed by atoms with Crippen LogP contribution in [0.1, 0.15) is 45.7 Å². The third-order valence-electron chi connectivity index (χ3n) is 8.69. The Morgan fingerprint density at radius 2 is 0.903 bits per heavy atom. The standard InChI is InChI=1S/C42H32Cl6N8O6/c1-19-15-25(49-41(61)37(21(3)57)55-53-32-17-23(11-13-26(32)43)39(59)50-30-9-5-7-28(45)34(30)47)16-20(2)36(19)52-42(62)38(22(4)58)56-54-33-18-24(12-14-27(33)44)40(60)51-31-10-6-8-29(46)35(31)48/h5-18,37-38H,1-4H3,(H,49,61)(H,50,59)(H,51,60)(H,52,62). The van der Waals surface area contributed by atoms with E-state index in [1.807, 2.05) is 0 Å². The van der Waals surface area contributed by atoms with Gasteiger partial charge in [-0.2, -0.15) is 20.5 Å². The number of anilines is 4. The molecule has 2 atom stereocenters. The molecule has 5 aromatic carbocycles. The lowest BCUT2D eigenvalue weighted by atomic mass is 10.1. The van der Waals surface area contributed by atoms with E-state index in [0.717, 1.165) is 13.8 Å². The number of nitrogens with one attached hydrogen (secondary N) is 4. The first-order valence-corrected chi connectivity index (χ1v) is 20.3. The highest BCUT2D eigenvalue weighted by atomic mass is 35.5. The van der Waals surface area contributed by atoms with Crippen molar-refractivity contribution >= 4 is 139 Å². The Kier molecular flexibility index (Phi) is 15.9. The molecule has 0 aliphatic heterocycles. The predicted molar refractivity (Wildman–Crippen MR) is 243 cm³/mol. The van der Waals surface area contributed by atoms with E-state index in [2.05, 4.69) is 41.7 Å². The van der Waals surface area contributed by atoms with Crippen LogP contribution in [0.2, 0.25) is 30.1 Å². The highest BCUT2D eigenvalue weighted by molar-refractivity contribution is 6.44. The molecule has 0 fully saturated rings. The van der Waals surface area contributed by atoms with Crippen molar-refractivity contribution in [3.05, 3.63) is 137 Å². The van der Waals surface area contributed by atoms with Crippen molar-refractivity contribution in [1.82, 2.24) is 0 Å². The molecule has 318 valence electrons. The van der Waals surface area contributed by atoms with Gasteiger partial charge < -0.3 is 21.3 Å². The summed E-state index contributed by atoms with van der Waals surface area (Å²) in [7, 11) is 0. The molecule has 0 aromatic heterocycles. The number of hydrogen-bond donors (Lipinski definition) is 4. The number of carbonyl (C=O) groups excluding carboxylic acids is 6. The molecule has 0 bridgehead atoms. The molecule has 0 spiro atoms. The topological polar surface area (TPSA) is 200 Å². The van der Waals surface area contributed by atoms with Gasteiger partial charge in [0, 0.05) is 22.5 Å². The first-order chi connectivity index (χ1) is 29.3. The molecule has 4 amide bonds. The molecule has 62 heavy (non-hydrogen) atoms. The van der Waals surface area contributed by atoms with Gasteiger partial charge >= 0.3 is 0 Å². The molecule has 0 aliphatic rings. The monoisotopic (exact) mass is 954 g/mol. The van der Waals surface area contributed by atoms with Crippen molar-refractivity contribution < 1.29 is 28.8 Å². The molecular formula is C42H32Cl6N8O6. The molecule has 0 saturated heterocycles. The zero-order valence-electron chi connectivity index (χ0n) is 32.7. The fourth-order valence-corrected chi connectivity index (χ4v) is 6.57. The number of ketones is 2. The Labute approximate surface area is 384 Å². The van der Waals surface area contributed by atoms with Crippen LogP contribution in [0.5, 0.6) is 0 Å². The first-order valence-electron chi connectivity index (χ1n) is 18.0. The molecule has 5 aromatic rings. The van der Waals surface area contributed by atoms with Gasteiger partial charge in [-0.15, -0.1) is 0 Å². The summed E-state index contributed by atoms with van der Waals surface area (Å²) in [5.74, 6) is -4.07. The van der Waals surface area contributed by atoms with Crippen molar-refractivity contribution in [3.8, 4) is 0 Å². The first kappa shape index (κ1) is 47.3. The molecular weight excluding hydrogens is 925 g/mol. The van der Waals surface area contributed by atoms with Gasteiger partial charge in [0.2, 0.25) is 12.1 Å². The number of nitrogens with zero attached hydrogens (tertiary/aromatic N) is 4. The second kappa shape index (κ2) is 20.9. The summed E-state index contributed by atoms with van der Waals surface area (Å²) < 4.78 is 0. The molecule has 14 nitrogen and oxygen atoms in total. The van der Waals surface area contributed by atoms with Crippen LogP contribution < -0.4 is 21.3 Å². The molecule has 0 heterocycles. The minimum absolute atomic E-state index is 0.00504. The number of rotatable bonds is 14. The third kappa shape index (κ3) is 11.8. The van der Waals surface area contributed by atoms with Gasteiger partial charge in [-0.05, 0) is 112 Å². The van der Waals surface area contributed by atoms with Gasteiger partial charge in [-0.3, -0.25) is 28.8 Å². The number of Topliss-reactive ketones (excluding diaryl/α,β-unsaturated/α-hetero) is 2. The van der Waals surface area contributed by atoms with E-state index in [1.54, 1.807) is 50.2 Å². The van der Waals surface area contributed by atoms with Gasteiger partial charge in [-0.25, -0.2) is 0 Å².